The van der Waals surface area contributed by atoms with Gasteiger partial charge in [0.25, 0.3) is 0 Å². The number of fused-ring (bicyclic) bond motifs is 1. The molecule has 114 valence electrons. The van der Waals surface area contributed by atoms with Gasteiger partial charge in [0, 0.05) is 18.1 Å². The van der Waals surface area contributed by atoms with Crippen molar-refractivity contribution in [2.24, 2.45) is 5.92 Å². The van der Waals surface area contributed by atoms with E-state index < -0.39 is 0 Å². The van der Waals surface area contributed by atoms with Crippen LogP contribution in [0, 0.1) is 5.92 Å². The number of ether oxygens (including phenoxy) is 1. The standard InChI is InChI=1S/C18H26N2O/c1-4-8-14(3)13-21-18-17-10-7-6-9-16(17)15(12-20-18)11-19-5-2/h6-7,9-10,12,14,19H,4-5,8,11,13H2,1-3H3. The third-order valence-electron chi connectivity index (χ3n) is 3.69. The molecule has 0 aliphatic carbocycles. The third-order valence-corrected chi connectivity index (χ3v) is 3.69. The first kappa shape index (κ1) is 15.8. The Bertz CT molecular complexity index is 568. The molecule has 0 spiro atoms. The predicted molar refractivity (Wildman–Crippen MR) is 88.7 cm³/mol. The minimum Gasteiger partial charge on any atom is -0.477 e. The summed E-state index contributed by atoms with van der Waals surface area (Å²) in [6, 6.07) is 8.36. The molecule has 1 atom stereocenters. The quantitative estimate of drug-likeness (QED) is 0.791. The summed E-state index contributed by atoms with van der Waals surface area (Å²) in [5.74, 6) is 1.32. The summed E-state index contributed by atoms with van der Waals surface area (Å²) >= 11 is 0. The fraction of sp³-hybridized carbons (Fsp3) is 0.500. The van der Waals surface area contributed by atoms with E-state index >= 15 is 0 Å². The second-order valence-corrected chi connectivity index (χ2v) is 5.62. The normalized spacial score (nSPS) is 12.5. The van der Waals surface area contributed by atoms with Crippen molar-refractivity contribution >= 4 is 10.8 Å². The van der Waals surface area contributed by atoms with Gasteiger partial charge in [-0.05, 0) is 35.9 Å². The van der Waals surface area contributed by atoms with Crippen molar-refractivity contribution in [3.05, 3.63) is 36.0 Å². The maximum atomic E-state index is 5.96. The van der Waals surface area contributed by atoms with Gasteiger partial charge in [-0.3, -0.25) is 0 Å². The van der Waals surface area contributed by atoms with Gasteiger partial charge in [0.1, 0.15) is 0 Å². The van der Waals surface area contributed by atoms with Crippen molar-refractivity contribution in [1.29, 1.82) is 0 Å². The molecule has 1 unspecified atom stereocenters. The van der Waals surface area contributed by atoms with E-state index in [1.807, 2.05) is 12.3 Å². The first-order valence-corrected chi connectivity index (χ1v) is 7.96. The van der Waals surface area contributed by atoms with E-state index in [0.717, 1.165) is 31.0 Å². The summed E-state index contributed by atoms with van der Waals surface area (Å²) in [5, 5.41) is 5.70. The summed E-state index contributed by atoms with van der Waals surface area (Å²) in [5.41, 5.74) is 1.22. The molecule has 2 aromatic rings. The van der Waals surface area contributed by atoms with Crippen LogP contribution in [0.25, 0.3) is 10.8 Å². The number of hydrogen-bond acceptors (Lipinski definition) is 3. The number of nitrogens with zero attached hydrogens (tertiary/aromatic N) is 1. The highest BCUT2D eigenvalue weighted by Crippen LogP contribution is 2.26. The minimum atomic E-state index is 0.567. The maximum Gasteiger partial charge on any atom is 0.221 e. The second-order valence-electron chi connectivity index (χ2n) is 5.62. The fourth-order valence-corrected chi connectivity index (χ4v) is 2.54. The van der Waals surface area contributed by atoms with Crippen LogP contribution in [0.3, 0.4) is 0 Å². The SMILES string of the molecule is CCCC(C)COc1ncc(CNCC)c2ccccc12. The molecule has 0 aliphatic rings. The summed E-state index contributed by atoms with van der Waals surface area (Å²) in [7, 11) is 0. The predicted octanol–water partition coefficient (Wildman–Crippen LogP) is 4.16. The first-order valence-electron chi connectivity index (χ1n) is 7.96. The van der Waals surface area contributed by atoms with E-state index in [1.165, 1.54) is 23.8 Å². The molecular formula is C18H26N2O. The van der Waals surface area contributed by atoms with Crippen LogP contribution >= 0.6 is 0 Å². The van der Waals surface area contributed by atoms with E-state index in [1.54, 1.807) is 0 Å². The smallest absolute Gasteiger partial charge is 0.221 e. The zero-order chi connectivity index (χ0) is 15.1. The first-order chi connectivity index (χ1) is 10.3. The van der Waals surface area contributed by atoms with Crippen LogP contribution < -0.4 is 10.1 Å². The van der Waals surface area contributed by atoms with E-state index in [9.17, 15) is 0 Å². The zero-order valence-corrected chi connectivity index (χ0v) is 13.4. The molecule has 21 heavy (non-hydrogen) atoms. The summed E-state index contributed by atoms with van der Waals surface area (Å²) in [4.78, 5) is 4.53. The Kier molecular flexibility index (Phi) is 6.00. The highest BCUT2D eigenvalue weighted by Gasteiger charge is 2.09. The molecule has 3 heteroatoms. The van der Waals surface area contributed by atoms with Crippen LogP contribution in [0.15, 0.2) is 30.5 Å². The van der Waals surface area contributed by atoms with Gasteiger partial charge in [-0.1, -0.05) is 45.4 Å². The summed E-state index contributed by atoms with van der Waals surface area (Å²) < 4.78 is 5.96. The van der Waals surface area contributed by atoms with E-state index in [0.29, 0.717) is 5.92 Å². The van der Waals surface area contributed by atoms with Gasteiger partial charge in [0.2, 0.25) is 5.88 Å². The Hall–Kier alpha value is -1.61. The fourth-order valence-electron chi connectivity index (χ4n) is 2.54. The lowest BCUT2D eigenvalue weighted by Crippen LogP contribution is -2.13. The van der Waals surface area contributed by atoms with Crippen LogP contribution in [0.2, 0.25) is 0 Å². The minimum absolute atomic E-state index is 0.567. The number of rotatable bonds is 8. The highest BCUT2D eigenvalue weighted by molar-refractivity contribution is 5.89. The summed E-state index contributed by atoms with van der Waals surface area (Å²) in [6.07, 6.45) is 4.32. The Morgan fingerprint density at radius 2 is 1.95 bits per heavy atom. The Labute approximate surface area is 127 Å². The number of hydrogen-bond donors (Lipinski definition) is 1. The number of nitrogens with one attached hydrogen (secondary N) is 1. The van der Waals surface area contributed by atoms with Gasteiger partial charge in [0.15, 0.2) is 0 Å². The van der Waals surface area contributed by atoms with E-state index in [4.69, 9.17) is 4.74 Å². The molecule has 0 aliphatic heterocycles. The highest BCUT2D eigenvalue weighted by atomic mass is 16.5. The van der Waals surface area contributed by atoms with Gasteiger partial charge in [-0.15, -0.1) is 0 Å². The van der Waals surface area contributed by atoms with Gasteiger partial charge < -0.3 is 10.1 Å². The second kappa shape index (κ2) is 7.99. The lowest BCUT2D eigenvalue weighted by Gasteiger charge is -2.14. The third kappa shape index (κ3) is 4.18. The topological polar surface area (TPSA) is 34.1 Å². The van der Waals surface area contributed by atoms with Crippen molar-refractivity contribution in [3.8, 4) is 5.88 Å². The molecule has 0 saturated heterocycles. The maximum absolute atomic E-state index is 5.96. The van der Waals surface area contributed by atoms with Gasteiger partial charge in [-0.2, -0.15) is 0 Å². The summed E-state index contributed by atoms with van der Waals surface area (Å²) in [6.45, 7) is 9.09. The Balaban J connectivity index is 2.21. The number of pyridine rings is 1. The Morgan fingerprint density at radius 3 is 2.67 bits per heavy atom. The monoisotopic (exact) mass is 286 g/mol. The molecule has 1 N–H and O–H groups in total. The van der Waals surface area contributed by atoms with Crippen LogP contribution in [-0.4, -0.2) is 18.1 Å². The van der Waals surface area contributed by atoms with Gasteiger partial charge in [0.05, 0.1) is 6.61 Å². The molecule has 1 heterocycles. The largest absolute Gasteiger partial charge is 0.477 e. The number of benzene rings is 1. The molecule has 2 rings (SSSR count). The van der Waals surface area contributed by atoms with Crippen molar-refractivity contribution in [3.63, 3.8) is 0 Å². The number of aromatic nitrogens is 1. The van der Waals surface area contributed by atoms with Crippen molar-refractivity contribution < 1.29 is 4.74 Å². The van der Waals surface area contributed by atoms with Crippen LogP contribution in [-0.2, 0) is 6.54 Å². The Morgan fingerprint density at radius 1 is 1.19 bits per heavy atom. The van der Waals surface area contributed by atoms with E-state index in [-0.39, 0.29) is 0 Å². The lowest BCUT2D eigenvalue weighted by molar-refractivity contribution is 0.246. The van der Waals surface area contributed by atoms with Crippen LogP contribution in [0.5, 0.6) is 5.88 Å². The molecule has 1 aromatic carbocycles. The molecule has 0 amide bonds. The average molecular weight is 286 g/mol. The van der Waals surface area contributed by atoms with Crippen LogP contribution in [0.1, 0.15) is 39.2 Å². The van der Waals surface area contributed by atoms with Crippen molar-refractivity contribution in [1.82, 2.24) is 10.3 Å². The molecular weight excluding hydrogens is 260 g/mol. The molecule has 0 radical (unpaired) electrons. The van der Waals surface area contributed by atoms with Crippen molar-refractivity contribution in [2.45, 2.75) is 40.2 Å². The zero-order valence-electron chi connectivity index (χ0n) is 13.4. The van der Waals surface area contributed by atoms with Crippen molar-refractivity contribution in [2.75, 3.05) is 13.2 Å². The molecule has 0 fully saturated rings. The van der Waals surface area contributed by atoms with Gasteiger partial charge in [-0.25, -0.2) is 4.98 Å². The van der Waals surface area contributed by atoms with E-state index in [2.05, 4.69) is 49.3 Å². The molecule has 3 nitrogen and oxygen atoms in total. The van der Waals surface area contributed by atoms with Crippen LogP contribution in [0.4, 0.5) is 0 Å². The molecule has 1 aromatic heterocycles. The van der Waals surface area contributed by atoms with Gasteiger partial charge >= 0.3 is 0 Å². The lowest BCUT2D eigenvalue weighted by atomic mass is 10.1. The average Bonchev–Trinajstić information content (AvgIpc) is 2.51. The molecule has 0 bridgehead atoms. The molecule has 0 saturated carbocycles.